The highest BCUT2D eigenvalue weighted by molar-refractivity contribution is 5.77. The number of hydrogen-bond acceptors (Lipinski definition) is 3. The van der Waals surface area contributed by atoms with Crippen molar-refractivity contribution in [1.29, 1.82) is 0 Å². The van der Waals surface area contributed by atoms with E-state index >= 15 is 0 Å². The molecule has 0 aromatic carbocycles. The van der Waals surface area contributed by atoms with Gasteiger partial charge in [-0.15, -0.1) is 0 Å². The van der Waals surface area contributed by atoms with E-state index in [0.717, 1.165) is 0 Å². The van der Waals surface area contributed by atoms with Crippen molar-refractivity contribution in [3.63, 3.8) is 0 Å². The fraction of sp³-hybridized carbons (Fsp3) is 0.500. The Kier molecular flexibility index (Phi) is 5.96. The fourth-order valence-corrected chi connectivity index (χ4v) is 2.10. The average molecular weight is 280 g/mol. The first-order chi connectivity index (χ1) is 9.45. The SMILES string of the molecule is CCN(C(=O)CCn1ccccc1=O)C(C)CC(=O)O. The normalized spacial score (nSPS) is 11.9. The van der Waals surface area contributed by atoms with Crippen LogP contribution in [0.25, 0.3) is 0 Å². The van der Waals surface area contributed by atoms with Crippen molar-refractivity contribution in [2.24, 2.45) is 0 Å². The average Bonchev–Trinajstić information content (AvgIpc) is 2.37. The number of carbonyl (C=O) groups excluding carboxylic acids is 1. The van der Waals surface area contributed by atoms with E-state index in [1.54, 1.807) is 25.3 Å². The third-order valence-corrected chi connectivity index (χ3v) is 3.13. The van der Waals surface area contributed by atoms with Crippen LogP contribution < -0.4 is 5.56 Å². The van der Waals surface area contributed by atoms with Crippen molar-refractivity contribution in [3.05, 3.63) is 34.7 Å². The minimum atomic E-state index is -0.928. The van der Waals surface area contributed by atoms with Crippen molar-refractivity contribution in [3.8, 4) is 0 Å². The van der Waals surface area contributed by atoms with Crippen molar-refractivity contribution in [2.75, 3.05) is 6.54 Å². The summed E-state index contributed by atoms with van der Waals surface area (Å²) in [5.74, 6) is -1.07. The highest BCUT2D eigenvalue weighted by Crippen LogP contribution is 2.06. The Balaban J connectivity index is 2.62. The van der Waals surface area contributed by atoms with Gasteiger partial charge in [0.1, 0.15) is 0 Å². The summed E-state index contributed by atoms with van der Waals surface area (Å²) < 4.78 is 1.47. The molecule has 1 aromatic heterocycles. The first-order valence-electron chi connectivity index (χ1n) is 6.62. The van der Waals surface area contributed by atoms with Crippen LogP contribution in [0.4, 0.5) is 0 Å². The van der Waals surface area contributed by atoms with Gasteiger partial charge in [0.2, 0.25) is 5.91 Å². The third kappa shape index (κ3) is 4.53. The quantitative estimate of drug-likeness (QED) is 0.806. The molecule has 0 aliphatic rings. The highest BCUT2D eigenvalue weighted by Gasteiger charge is 2.20. The molecule has 0 fully saturated rings. The Morgan fingerprint density at radius 3 is 2.65 bits per heavy atom. The van der Waals surface area contributed by atoms with Crippen LogP contribution in [0.1, 0.15) is 26.7 Å². The zero-order chi connectivity index (χ0) is 15.1. The van der Waals surface area contributed by atoms with Crippen LogP contribution in [0, 0.1) is 0 Å². The first kappa shape index (κ1) is 15.9. The smallest absolute Gasteiger partial charge is 0.305 e. The Morgan fingerprint density at radius 1 is 1.40 bits per heavy atom. The second-order valence-electron chi connectivity index (χ2n) is 4.61. The largest absolute Gasteiger partial charge is 0.481 e. The molecular formula is C14H20N2O4. The minimum Gasteiger partial charge on any atom is -0.481 e. The van der Waals surface area contributed by atoms with Gasteiger partial charge in [-0.1, -0.05) is 6.07 Å². The van der Waals surface area contributed by atoms with Crippen LogP contribution in [-0.2, 0) is 16.1 Å². The molecule has 1 aromatic rings. The lowest BCUT2D eigenvalue weighted by molar-refractivity contribution is -0.140. The third-order valence-electron chi connectivity index (χ3n) is 3.13. The van der Waals surface area contributed by atoms with Crippen molar-refractivity contribution in [1.82, 2.24) is 9.47 Å². The molecule has 0 aliphatic carbocycles. The van der Waals surface area contributed by atoms with E-state index in [-0.39, 0.29) is 30.3 Å². The van der Waals surface area contributed by atoms with E-state index in [2.05, 4.69) is 0 Å². The maximum Gasteiger partial charge on any atom is 0.305 e. The number of nitrogens with zero attached hydrogens (tertiary/aromatic N) is 2. The molecule has 1 N–H and O–H groups in total. The van der Waals surface area contributed by atoms with Gasteiger partial charge in [0.15, 0.2) is 0 Å². The van der Waals surface area contributed by atoms with Gasteiger partial charge in [-0.05, 0) is 19.9 Å². The van der Waals surface area contributed by atoms with Crippen LogP contribution in [-0.4, -0.2) is 39.0 Å². The molecule has 0 spiro atoms. The van der Waals surface area contributed by atoms with Crippen LogP contribution in [0.3, 0.4) is 0 Å². The molecule has 6 nitrogen and oxygen atoms in total. The molecule has 0 bridgehead atoms. The van der Waals surface area contributed by atoms with Crippen LogP contribution in [0.15, 0.2) is 29.2 Å². The van der Waals surface area contributed by atoms with Crippen molar-refractivity contribution in [2.45, 2.75) is 39.3 Å². The molecule has 0 aliphatic heterocycles. The van der Waals surface area contributed by atoms with E-state index in [1.807, 2.05) is 6.92 Å². The van der Waals surface area contributed by atoms with Crippen LogP contribution >= 0.6 is 0 Å². The van der Waals surface area contributed by atoms with E-state index in [0.29, 0.717) is 13.1 Å². The van der Waals surface area contributed by atoms with Crippen molar-refractivity contribution < 1.29 is 14.7 Å². The number of carbonyl (C=O) groups is 2. The predicted octanol–water partition coefficient (Wildman–Crippen LogP) is 0.950. The number of aryl methyl sites for hydroxylation is 1. The van der Waals surface area contributed by atoms with Crippen LogP contribution in [0.2, 0.25) is 0 Å². The molecule has 0 saturated carbocycles. The number of carboxylic acid groups (broad SMARTS) is 1. The van der Waals surface area contributed by atoms with Crippen LogP contribution in [0.5, 0.6) is 0 Å². The molecule has 0 saturated heterocycles. The molecule has 1 rings (SSSR count). The molecule has 20 heavy (non-hydrogen) atoms. The number of aliphatic carboxylic acids is 1. The van der Waals surface area contributed by atoms with E-state index < -0.39 is 5.97 Å². The summed E-state index contributed by atoms with van der Waals surface area (Å²) >= 11 is 0. The Hall–Kier alpha value is -2.11. The second-order valence-corrected chi connectivity index (χ2v) is 4.61. The van der Waals surface area contributed by atoms with Gasteiger partial charge in [-0.2, -0.15) is 0 Å². The van der Waals surface area contributed by atoms with Gasteiger partial charge in [0.25, 0.3) is 5.56 Å². The molecule has 1 heterocycles. The first-order valence-corrected chi connectivity index (χ1v) is 6.62. The zero-order valence-corrected chi connectivity index (χ0v) is 11.8. The Morgan fingerprint density at radius 2 is 2.10 bits per heavy atom. The van der Waals surface area contributed by atoms with Gasteiger partial charge < -0.3 is 14.6 Å². The number of rotatable bonds is 7. The van der Waals surface area contributed by atoms with Gasteiger partial charge in [0, 0.05) is 37.8 Å². The zero-order valence-electron chi connectivity index (χ0n) is 11.8. The van der Waals surface area contributed by atoms with E-state index in [4.69, 9.17) is 5.11 Å². The number of hydrogen-bond donors (Lipinski definition) is 1. The predicted molar refractivity (Wildman–Crippen MR) is 74.4 cm³/mol. The standard InChI is InChI=1S/C14H20N2O4/c1-3-16(11(2)10-14(19)20)13(18)7-9-15-8-5-4-6-12(15)17/h4-6,8,11H,3,7,9-10H2,1-2H3,(H,19,20). The summed E-state index contributed by atoms with van der Waals surface area (Å²) in [6.45, 7) is 4.28. The summed E-state index contributed by atoms with van der Waals surface area (Å²) in [6, 6.07) is 4.47. The number of amides is 1. The number of carboxylic acids is 1. The lowest BCUT2D eigenvalue weighted by Crippen LogP contribution is -2.40. The molecule has 1 unspecified atom stereocenters. The van der Waals surface area contributed by atoms with E-state index in [1.165, 1.54) is 15.5 Å². The van der Waals surface area contributed by atoms with Gasteiger partial charge in [-0.3, -0.25) is 14.4 Å². The number of aromatic nitrogens is 1. The molecule has 0 radical (unpaired) electrons. The highest BCUT2D eigenvalue weighted by atomic mass is 16.4. The monoisotopic (exact) mass is 280 g/mol. The number of pyridine rings is 1. The summed E-state index contributed by atoms with van der Waals surface area (Å²) in [7, 11) is 0. The molecule has 6 heteroatoms. The topological polar surface area (TPSA) is 79.6 Å². The van der Waals surface area contributed by atoms with E-state index in [9.17, 15) is 14.4 Å². The summed E-state index contributed by atoms with van der Waals surface area (Å²) in [4.78, 5) is 35.8. The maximum atomic E-state index is 12.1. The summed E-state index contributed by atoms with van der Waals surface area (Å²) in [6.07, 6.45) is 1.74. The lowest BCUT2D eigenvalue weighted by atomic mass is 10.2. The summed E-state index contributed by atoms with van der Waals surface area (Å²) in [5, 5.41) is 8.77. The van der Waals surface area contributed by atoms with Crippen molar-refractivity contribution >= 4 is 11.9 Å². The molecule has 110 valence electrons. The second kappa shape index (κ2) is 7.47. The maximum absolute atomic E-state index is 12.1. The lowest BCUT2D eigenvalue weighted by Gasteiger charge is -2.27. The Bertz CT molecular complexity index is 524. The van der Waals surface area contributed by atoms with Gasteiger partial charge in [0.05, 0.1) is 6.42 Å². The molecule has 1 amide bonds. The molecule has 1 atom stereocenters. The van der Waals surface area contributed by atoms with Gasteiger partial charge in [-0.25, -0.2) is 0 Å². The fourth-order valence-electron chi connectivity index (χ4n) is 2.10. The van der Waals surface area contributed by atoms with Gasteiger partial charge >= 0.3 is 5.97 Å². The summed E-state index contributed by atoms with van der Waals surface area (Å²) in [5.41, 5.74) is -0.151. The minimum absolute atomic E-state index is 0.0785. The molecular weight excluding hydrogens is 260 g/mol. The Labute approximate surface area is 117 Å².